The Morgan fingerprint density at radius 3 is 2.53 bits per heavy atom. The smallest absolute Gasteiger partial charge is 0.279 e. The van der Waals surface area contributed by atoms with E-state index in [1.807, 2.05) is 59.6 Å². The molecule has 2 fully saturated rings. The molecule has 0 atom stereocenters. The molecule has 6 rings (SSSR count). The van der Waals surface area contributed by atoms with Crippen LogP contribution < -0.4 is 9.62 Å². The third-order valence-electron chi connectivity index (χ3n) is 7.65. The highest BCUT2D eigenvalue weighted by molar-refractivity contribution is 7.97. The summed E-state index contributed by atoms with van der Waals surface area (Å²) < 4.78 is 4.70. The van der Waals surface area contributed by atoms with Crippen LogP contribution in [0.5, 0.6) is 0 Å². The first-order valence-corrected chi connectivity index (χ1v) is 14.3. The van der Waals surface area contributed by atoms with Crippen molar-refractivity contribution in [3.63, 3.8) is 0 Å². The van der Waals surface area contributed by atoms with Crippen LogP contribution in [0.4, 0.5) is 5.82 Å². The van der Waals surface area contributed by atoms with Crippen LogP contribution >= 0.6 is 11.9 Å². The SMILES string of the molecule is CSNC(=O)c1cc(-c2ccc(N3CCC(C#N)CC3)nc2)c2c(C3CCC3)nn(-c3ccccc3)c2n1. The van der Waals surface area contributed by atoms with E-state index in [4.69, 9.17) is 15.1 Å². The first kappa shape index (κ1) is 24.4. The van der Waals surface area contributed by atoms with Gasteiger partial charge in [-0.25, -0.2) is 14.6 Å². The van der Waals surface area contributed by atoms with Gasteiger partial charge in [0.05, 0.1) is 22.8 Å². The number of carbonyl (C=O) groups is 1. The van der Waals surface area contributed by atoms with Crippen molar-refractivity contribution in [3.05, 3.63) is 66.1 Å². The third kappa shape index (κ3) is 4.50. The molecule has 0 bridgehead atoms. The Kier molecular flexibility index (Phi) is 6.73. The zero-order chi connectivity index (χ0) is 26.1. The van der Waals surface area contributed by atoms with Crippen molar-refractivity contribution in [2.75, 3.05) is 24.2 Å². The Balaban J connectivity index is 1.48. The summed E-state index contributed by atoms with van der Waals surface area (Å²) in [6.07, 6.45) is 8.84. The van der Waals surface area contributed by atoms with Crippen LogP contribution in [-0.2, 0) is 0 Å². The van der Waals surface area contributed by atoms with Crippen molar-refractivity contribution in [1.29, 1.82) is 5.26 Å². The molecule has 1 N–H and O–H groups in total. The fourth-order valence-corrected chi connectivity index (χ4v) is 5.61. The number of nitrogens with zero attached hydrogens (tertiary/aromatic N) is 6. The first-order chi connectivity index (χ1) is 18.7. The average Bonchev–Trinajstić information content (AvgIpc) is 3.31. The molecule has 1 aromatic carbocycles. The summed E-state index contributed by atoms with van der Waals surface area (Å²) in [6, 6.07) is 18.4. The number of para-hydroxylation sites is 1. The van der Waals surface area contributed by atoms with Crippen LogP contribution in [0.2, 0.25) is 0 Å². The maximum absolute atomic E-state index is 13.0. The van der Waals surface area contributed by atoms with Crippen molar-refractivity contribution in [1.82, 2.24) is 24.5 Å². The molecule has 1 saturated heterocycles. The van der Waals surface area contributed by atoms with Gasteiger partial charge in [-0.3, -0.25) is 9.52 Å². The predicted octanol–water partition coefficient (Wildman–Crippen LogP) is 5.50. The number of nitrogens with one attached hydrogen (secondary N) is 1. The van der Waals surface area contributed by atoms with E-state index in [1.165, 1.54) is 18.4 Å². The van der Waals surface area contributed by atoms with Gasteiger partial charge in [0.25, 0.3) is 5.91 Å². The Labute approximate surface area is 226 Å². The van der Waals surface area contributed by atoms with Gasteiger partial charge in [-0.2, -0.15) is 10.4 Å². The van der Waals surface area contributed by atoms with Gasteiger partial charge in [0.2, 0.25) is 0 Å². The van der Waals surface area contributed by atoms with Crippen molar-refractivity contribution >= 4 is 34.7 Å². The van der Waals surface area contributed by atoms with Crippen LogP contribution in [-0.4, -0.2) is 45.0 Å². The Morgan fingerprint density at radius 2 is 1.89 bits per heavy atom. The molecule has 0 unspecified atom stereocenters. The quantitative estimate of drug-likeness (QED) is 0.333. The van der Waals surface area contributed by atoms with E-state index in [9.17, 15) is 10.1 Å². The minimum absolute atomic E-state index is 0.132. The van der Waals surface area contributed by atoms with E-state index >= 15 is 0 Å². The number of piperidine rings is 1. The highest BCUT2D eigenvalue weighted by atomic mass is 32.2. The lowest BCUT2D eigenvalue weighted by molar-refractivity contribution is 0.0980. The lowest BCUT2D eigenvalue weighted by atomic mass is 9.81. The molecular formula is C29H29N7OS. The molecule has 2 aliphatic rings. The summed E-state index contributed by atoms with van der Waals surface area (Å²) in [4.78, 5) is 24.9. The summed E-state index contributed by atoms with van der Waals surface area (Å²) >= 11 is 1.25. The Bertz CT molecular complexity index is 1500. The molecule has 9 heteroatoms. The molecular weight excluding hydrogens is 494 g/mol. The van der Waals surface area contributed by atoms with Crippen molar-refractivity contribution in [2.24, 2.45) is 5.92 Å². The van der Waals surface area contributed by atoms with E-state index < -0.39 is 0 Å². The molecule has 192 valence electrons. The number of amides is 1. The normalized spacial score (nSPS) is 16.3. The maximum atomic E-state index is 13.0. The van der Waals surface area contributed by atoms with Gasteiger partial charge < -0.3 is 4.90 Å². The number of rotatable bonds is 6. The zero-order valence-corrected chi connectivity index (χ0v) is 22.1. The number of hydrogen-bond donors (Lipinski definition) is 1. The largest absolute Gasteiger partial charge is 0.357 e. The van der Waals surface area contributed by atoms with Crippen LogP contribution in [0, 0.1) is 17.2 Å². The zero-order valence-electron chi connectivity index (χ0n) is 21.3. The lowest BCUT2D eigenvalue weighted by Gasteiger charge is -2.30. The van der Waals surface area contributed by atoms with Crippen molar-refractivity contribution in [2.45, 2.75) is 38.0 Å². The van der Waals surface area contributed by atoms with Crippen molar-refractivity contribution < 1.29 is 4.79 Å². The summed E-state index contributed by atoms with van der Waals surface area (Å²) in [5.41, 5.74) is 4.84. The highest BCUT2D eigenvalue weighted by Crippen LogP contribution is 2.42. The lowest BCUT2D eigenvalue weighted by Crippen LogP contribution is -2.33. The van der Waals surface area contributed by atoms with E-state index in [-0.39, 0.29) is 11.8 Å². The number of pyridine rings is 2. The van der Waals surface area contributed by atoms with E-state index in [0.29, 0.717) is 17.3 Å². The molecule has 0 radical (unpaired) electrons. The summed E-state index contributed by atoms with van der Waals surface area (Å²) in [6.45, 7) is 1.66. The van der Waals surface area contributed by atoms with Crippen LogP contribution in [0.25, 0.3) is 27.8 Å². The molecule has 4 heterocycles. The molecule has 4 aromatic rings. The molecule has 3 aromatic heterocycles. The molecule has 1 amide bonds. The molecule has 38 heavy (non-hydrogen) atoms. The standard InChI is InChI=1S/C29H29N7OS/c1-38-34-29(37)24-16-23(21-10-11-25(31-18-21)35-14-12-19(17-30)13-15-35)26-27(20-6-5-7-20)33-36(28(26)32-24)22-8-3-2-4-9-22/h2-4,8-11,16,18-20H,5-7,12-15H2,1H3,(H,34,37). The van der Waals surface area contributed by atoms with E-state index in [1.54, 1.807) is 0 Å². The number of carbonyl (C=O) groups excluding carboxylic acids is 1. The second kappa shape index (κ2) is 10.5. The highest BCUT2D eigenvalue weighted by Gasteiger charge is 2.29. The van der Waals surface area contributed by atoms with Crippen LogP contribution in [0.15, 0.2) is 54.7 Å². The summed E-state index contributed by atoms with van der Waals surface area (Å²) in [7, 11) is 0. The number of benzene rings is 1. The molecule has 0 spiro atoms. The van der Waals surface area contributed by atoms with E-state index in [0.717, 1.165) is 72.5 Å². The molecule has 1 aliphatic heterocycles. The number of hydrogen-bond acceptors (Lipinski definition) is 7. The second-order valence-corrected chi connectivity index (χ2v) is 10.6. The fraction of sp³-hybridized carbons (Fsp3) is 0.345. The maximum Gasteiger partial charge on any atom is 0.279 e. The summed E-state index contributed by atoms with van der Waals surface area (Å²) in [5, 5.41) is 15.3. The van der Waals surface area contributed by atoms with Crippen LogP contribution in [0.1, 0.15) is 54.2 Å². The average molecular weight is 524 g/mol. The van der Waals surface area contributed by atoms with Gasteiger partial charge in [-0.1, -0.05) is 36.6 Å². The summed E-state index contributed by atoms with van der Waals surface area (Å²) in [5.74, 6) is 1.18. The topological polar surface area (TPSA) is 99.7 Å². The predicted molar refractivity (Wildman–Crippen MR) is 150 cm³/mol. The first-order valence-electron chi connectivity index (χ1n) is 13.1. The number of nitriles is 1. The van der Waals surface area contributed by atoms with Gasteiger partial charge in [0.1, 0.15) is 11.5 Å². The Morgan fingerprint density at radius 1 is 1.11 bits per heavy atom. The third-order valence-corrected chi connectivity index (χ3v) is 8.03. The monoisotopic (exact) mass is 523 g/mol. The van der Waals surface area contributed by atoms with E-state index in [2.05, 4.69) is 21.8 Å². The minimum Gasteiger partial charge on any atom is -0.357 e. The number of anilines is 1. The number of aromatic nitrogens is 4. The molecule has 1 saturated carbocycles. The number of fused-ring (bicyclic) bond motifs is 1. The fourth-order valence-electron chi connectivity index (χ4n) is 5.32. The van der Waals surface area contributed by atoms with Gasteiger partial charge in [0, 0.05) is 42.9 Å². The van der Waals surface area contributed by atoms with Gasteiger partial charge in [0.15, 0.2) is 5.65 Å². The van der Waals surface area contributed by atoms with Crippen LogP contribution in [0.3, 0.4) is 0 Å². The second-order valence-electron chi connectivity index (χ2n) is 9.94. The van der Waals surface area contributed by atoms with Gasteiger partial charge in [-0.15, -0.1) is 0 Å². The van der Waals surface area contributed by atoms with Gasteiger partial charge >= 0.3 is 0 Å². The molecule has 8 nitrogen and oxygen atoms in total. The van der Waals surface area contributed by atoms with Crippen molar-refractivity contribution in [3.8, 4) is 22.9 Å². The van der Waals surface area contributed by atoms with Gasteiger partial charge in [-0.05, 0) is 61.6 Å². The Hall–Kier alpha value is -3.90. The molecule has 1 aliphatic carbocycles. The minimum atomic E-state index is -0.239.